The molecule has 17 heavy (non-hydrogen) atoms. The molecule has 1 aromatic heterocycles. The fraction of sp³-hybridized carbons (Fsp3) is 0.667. The fourth-order valence-corrected chi connectivity index (χ4v) is 2.66. The predicted octanol–water partition coefficient (Wildman–Crippen LogP) is 0.197. The van der Waals surface area contributed by atoms with Crippen molar-refractivity contribution >= 4 is 5.95 Å². The predicted molar refractivity (Wildman–Crippen MR) is 67.1 cm³/mol. The number of fused-ring (bicyclic) bond motifs is 3. The number of piperazine rings is 3. The molecule has 92 valence electrons. The lowest BCUT2D eigenvalue weighted by atomic mass is 10.1. The van der Waals surface area contributed by atoms with Gasteiger partial charge < -0.3 is 5.32 Å². The van der Waals surface area contributed by atoms with Crippen molar-refractivity contribution in [3.63, 3.8) is 0 Å². The first-order valence-corrected chi connectivity index (χ1v) is 6.31. The molecule has 0 radical (unpaired) electrons. The Hall–Kier alpha value is -1.20. The smallest absolute Gasteiger partial charge is 0.222 e. The third-order valence-corrected chi connectivity index (χ3v) is 3.68. The number of nitrogens with one attached hydrogen (secondary N) is 1. The van der Waals surface area contributed by atoms with Gasteiger partial charge in [-0.1, -0.05) is 0 Å². The molecule has 5 heteroatoms. The molecule has 0 aromatic carbocycles. The Morgan fingerprint density at radius 3 is 2.82 bits per heavy atom. The first kappa shape index (κ1) is 10.9. The average Bonchev–Trinajstić information content (AvgIpc) is 2.38. The van der Waals surface area contributed by atoms with E-state index in [-0.39, 0.29) is 0 Å². The van der Waals surface area contributed by atoms with Crippen LogP contribution in [-0.4, -0.2) is 65.1 Å². The summed E-state index contributed by atoms with van der Waals surface area (Å²) in [5, 5.41) is 3.35. The number of aryl methyl sites for hydroxylation is 1. The minimum Gasteiger partial charge on any atom is -0.353 e. The van der Waals surface area contributed by atoms with Gasteiger partial charge in [0.1, 0.15) is 0 Å². The van der Waals surface area contributed by atoms with Crippen LogP contribution in [0.4, 0.5) is 5.95 Å². The number of anilines is 1. The highest BCUT2D eigenvalue weighted by Crippen LogP contribution is 2.15. The van der Waals surface area contributed by atoms with E-state index < -0.39 is 0 Å². The van der Waals surface area contributed by atoms with E-state index in [4.69, 9.17) is 0 Å². The summed E-state index contributed by atoms with van der Waals surface area (Å²) in [4.78, 5) is 13.7. The second-order valence-corrected chi connectivity index (χ2v) is 4.89. The molecular formula is C12H19N5. The average molecular weight is 233 g/mol. The molecule has 4 heterocycles. The molecule has 0 saturated carbocycles. The number of hydrogen-bond donors (Lipinski definition) is 1. The monoisotopic (exact) mass is 233 g/mol. The molecule has 4 rings (SSSR count). The van der Waals surface area contributed by atoms with Crippen molar-refractivity contribution in [2.24, 2.45) is 0 Å². The van der Waals surface area contributed by atoms with E-state index in [9.17, 15) is 0 Å². The summed E-state index contributed by atoms with van der Waals surface area (Å²) in [6.45, 7) is 9.00. The van der Waals surface area contributed by atoms with Crippen molar-refractivity contribution in [1.82, 2.24) is 19.8 Å². The van der Waals surface area contributed by atoms with Gasteiger partial charge in [-0.3, -0.25) is 9.80 Å². The van der Waals surface area contributed by atoms with Gasteiger partial charge in [-0.05, 0) is 13.0 Å². The Labute approximate surface area is 102 Å². The van der Waals surface area contributed by atoms with Crippen LogP contribution in [0.1, 0.15) is 5.69 Å². The van der Waals surface area contributed by atoms with Gasteiger partial charge in [0, 0.05) is 57.2 Å². The second kappa shape index (κ2) is 4.58. The van der Waals surface area contributed by atoms with E-state index in [1.807, 2.05) is 19.2 Å². The zero-order valence-electron chi connectivity index (χ0n) is 10.3. The SMILES string of the molecule is Cc1ccnc(NCC2CN3CCN2CC3)n1. The third kappa shape index (κ3) is 2.40. The maximum atomic E-state index is 4.37. The highest BCUT2D eigenvalue weighted by molar-refractivity contribution is 5.25. The van der Waals surface area contributed by atoms with Crippen molar-refractivity contribution < 1.29 is 0 Å². The van der Waals surface area contributed by atoms with Crippen LogP contribution in [0.2, 0.25) is 0 Å². The Balaban J connectivity index is 1.57. The van der Waals surface area contributed by atoms with Crippen LogP contribution >= 0.6 is 0 Å². The number of aromatic nitrogens is 2. The van der Waals surface area contributed by atoms with Gasteiger partial charge in [-0.25, -0.2) is 9.97 Å². The zero-order valence-corrected chi connectivity index (χ0v) is 10.3. The van der Waals surface area contributed by atoms with Crippen molar-refractivity contribution in [3.8, 4) is 0 Å². The van der Waals surface area contributed by atoms with Crippen molar-refractivity contribution in [2.45, 2.75) is 13.0 Å². The van der Waals surface area contributed by atoms with E-state index in [0.29, 0.717) is 6.04 Å². The highest BCUT2D eigenvalue weighted by Gasteiger charge is 2.31. The Bertz CT molecular complexity index is 386. The molecule has 3 aliphatic rings. The standard InChI is InChI=1S/C12H19N5/c1-10-2-3-13-12(15-10)14-8-11-9-16-4-6-17(11)7-5-16/h2-3,11H,4-9H2,1H3,(H,13,14,15). The molecule has 1 aromatic rings. The van der Waals surface area contributed by atoms with Crippen molar-refractivity contribution in [3.05, 3.63) is 18.0 Å². The molecule has 0 spiro atoms. The first-order chi connectivity index (χ1) is 8.31. The largest absolute Gasteiger partial charge is 0.353 e. The van der Waals surface area contributed by atoms with E-state index in [2.05, 4.69) is 25.1 Å². The van der Waals surface area contributed by atoms with Gasteiger partial charge in [0.15, 0.2) is 0 Å². The van der Waals surface area contributed by atoms with Crippen LogP contribution in [-0.2, 0) is 0 Å². The lowest BCUT2D eigenvalue weighted by Crippen LogP contribution is -2.62. The minimum atomic E-state index is 0.613. The molecule has 0 amide bonds. The third-order valence-electron chi connectivity index (χ3n) is 3.68. The topological polar surface area (TPSA) is 44.3 Å². The zero-order chi connectivity index (χ0) is 11.7. The van der Waals surface area contributed by atoms with Crippen LogP contribution in [0.3, 0.4) is 0 Å². The van der Waals surface area contributed by atoms with Gasteiger partial charge in [0.25, 0.3) is 0 Å². The van der Waals surface area contributed by atoms with Gasteiger partial charge in [0.05, 0.1) is 0 Å². The molecule has 3 aliphatic heterocycles. The quantitative estimate of drug-likeness (QED) is 0.808. The maximum absolute atomic E-state index is 4.37. The molecule has 1 unspecified atom stereocenters. The molecule has 3 fully saturated rings. The molecule has 1 atom stereocenters. The van der Waals surface area contributed by atoms with Crippen molar-refractivity contribution in [2.75, 3.05) is 44.6 Å². The molecule has 1 N–H and O–H groups in total. The second-order valence-electron chi connectivity index (χ2n) is 4.89. The Morgan fingerprint density at radius 2 is 2.18 bits per heavy atom. The van der Waals surface area contributed by atoms with Gasteiger partial charge in [0.2, 0.25) is 5.95 Å². The molecule has 0 aliphatic carbocycles. The van der Waals surface area contributed by atoms with Crippen LogP contribution in [0.15, 0.2) is 12.3 Å². The van der Waals surface area contributed by atoms with Gasteiger partial charge >= 0.3 is 0 Å². The van der Waals surface area contributed by atoms with Gasteiger partial charge in [-0.2, -0.15) is 0 Å². The first-order valence-electron chi connectivity index (χ1n) is 6.31. The maximum Gasteiger partial charge on any atom is 0.222 e. The van der Waals surface area contributed by atoms with Crippen LogP contribution in [0.25, 0.3) is 0 Å². The summed E-state index contributed by atoms with van der Waals surface area (Å²) >= 11 is 0. The molecule has 3 saturated heterocycles. The lowest BCUT2D eigenvalue weighted by molar-refractivity contribution is 0.0189. The van der Waals surface area contributed by atoms with Crippen LogP contribution in [0.5, 0.6) is 0 Å². The number of hydrogen-bond acceptors (Lipinski definition) is 5. The van der Waals surface area contributed by atoms with Crippen LogP contribution in [0, 0.1) is 6.92 Å². The van der Waals surface area contributed by atoms with Gasteiger partial charge in [-0.15, -0.1) is 0 Å². The normalized spacial score (nSPS) is 31.5. The minimum absolute atomic E-state index is 0.613. The molecule has 2 bridgehead atoms. The summed E-state index contributed by atoms with van der Waals surface area (Å²) in [7, 11) is 0. The summed E-state index contributed by atoms with van der Waals surface area (Å²) in [6, 6.07) is 2.53. The lowest BCUT2D eigenvalue weighted by Gasteiger charge is -2.47. The molecular weight excluding hydrogens is 214 g/mol. The summed E-state index contributed by atoms with van der Waals surface area (Å²) in [5.41, 5.74) is 1.01. The van der Waals surface area contributed by atoms with E-state index >= 15 is 0 Å². The summed E-state index contributed by atoms with van der Waals surface area (Å²) in [6.07, 6.45) is 1.81. The van der Waals surface area contributed by atoms with E-state index in [1.54, 1.807) is 0 Å². The Morgan fingerprint density at radius 1 is 1.35 bits per heavy atom. The Kier molecular flexibility index (Phi) is 2.94. The number of rotatable bonds is 3. The summed E-state index contributed by atoms with van der Waals surface area (Å²) in [5.74, 6) is 0.752. The highest BCUT2D eigenvalue weighted by atomic mass is 15.4. The van der Waals surface area contributed by atoms with E-state index in [0.717, 1.165) is 18.2 Å². The molecule has 5 nitrogen and oxygen atoms in total. The number of nitrogens with zero attached hydrogens (tertiary/aromatic N) is 4. The van der Waals surface area contributed by atoms with Crippen molar-refractivity contribution in [1.29, 1.82) is 0 Å². The fourth-order valence-electron chi connectivity index (χ4n) is 2.66. The van der Waals surface area contributed by atoms with E-state index in [1.165, 1.54) is 32.7 Å². The summed E-state index contributed by atoms with van der Waals surface area (Å²) < 4.78 is 0. The van der Waals surface area contributed by atoms with Crippen LogP contribution < -0.4 is 5.32 Å².